The van der Waals surface area contributed by atoms with Crippen LogP contribution in [0.3, 0.4) is 0 Å². The summed E-state index contributed by atoms with van der Waals surface area (Å²) in [5.74, 6) is 1.21. The van der Waals surface area contributed by atoms with Crippen molar-refractivity contribution in [2.45, 2.75) is 13.5 Å². The Bertz CT molecular complexity index is 907. The van der Waals surface area contributed by atoms with Crippen LogP contribution in [0.5, 0.6) is 0 Å². The number of aromatic nitrogens is 1. The van der Waals surface area contributed by atoms with Crippen molar-refractivity contribution in [2.75, 3.05) is 18.4 Å². The van der Waals surface area contributed by atoms with E-state index in [1.807, 2.05) is 24.3 Å². The van der Waals surface area contributed by atoms with Gasteiger partial charge in [-0.25, -0.2) is 0 Å². The summed E-state index contributed by atoms with van der Waals surface area (Å²) in [6.45, 7) is 4.77. The SMILES string of the molecule is CC(CNCc1cccc(I)c1)CNc1cc(=O)c2ccccc2[nH]1. The second-order valence-electron chi connectivity index (χ2n) is 6.34. The Kier molecular flexibility index (Phi) is 6.09. The molecule has 1 unspecified atom stereocenters. The maximum atomic E-state index is 12.1. The van der Waals surface area contributed by atoms with Crippen molar-refractivity contribution in [3.05, 3.63) is 74.0 Å². The van der Waals surface area contributed by atoms with Gasteiger partial charge in [0.15, 0.2) is 5.43 Å². The van der Waals surface area contributed by atoms with E-state index in [9.17, 15) is 4.79 Å². The van der Waals surface area contributed by atoms with Crippen LogP contribution in [0.1, 0.15) is 12.5 Å². The van der Waals surface area contributed by atoms with Gasteiger partial charge >= 0.3 is 0 Å². The topological polar surface area (TPSA) is 56.9 Å². The van der Waals surface area contributed by atoms with E-state index in [1.165, 1.54) is 9.13 Å². The van der Waals surface area contributed by atoms with Crippen LogP contribution in [-0.2, 0) is 6.54 Å². The molecule has 0 saturated heterocycles. The largest absolute Gasteiger partial charge is 0.371 e. The lowest BCUT2D eigenvalue weighted by Gasteiger charge is -2.15. The number of hydrogen-bond acceptors (Lipinski definition) is 3. The van der Waals surface area contributed by atoms with Gasteiger partial charge in [-0.3, -0.25) is 4.79 Å². The molecule has 0 saturated carbocycles. The molecule has 0 aliphatic carbocycles. The van der Waals surface area contributed by atoms with E-state index in [2.05, 4.69) is 69.4 Å². The lowest BCUT2D eigenvalue weighted by atomic mass is 10.1. The van der Waals surface area contributed by atoms with Gasteiger partial charge in [0.25, 0.3) is 0 Å². The molecule has 25 heavy (non-hydrogen) atoms. The standard InChI is InChI=1S/C20H22IN3O/c1-14(11-22-13-15-5-4-6-16(21)9-15)12-23-20-10-19(25)17-7-2-3-8-18(17)24-20/h2-10,14,22H,11-13H2,1H3,(H2,23,24,25). The van der Waals surface area contributed by atoms with Crippen LogP contribution in [0.15, 0.2) is 59.4 Å². The Labute approximate surface area is 161 Å². The van der Waals surface area contributed by atoms with Gasteiger partial charge in [0.1, 0.15) is 5.82 Å². The normalized spacial score (nSPS) is 12.2. The van der Waals surface area contributed by atoms with Gasteiger partial charge in [0, 0.05) is 28.1 Å². The maximum absolute atomic E-state index is 12.1. The minimum Gasteiger partial charge on any atom is -0.371 e. The van der Waals surface area contributed by atoms with Crippen molar-refractivity contribution in [3.63, 3.8) is 0 Å². The number of nitrogens with one attached hydrogen (secondary N) is 3. The number of anilines is 1. The Morgan fingerprint density at radius 2 is 1.92 bits per heavy atom. The molecule has 4 nitrogen and oxygen atoms in total. The van der Waals surface area contributed by atoms with E-state index in [4.69, 9.17) is 0 Å². The molecular formula is C20H22IN3O. The Balaban J connectivity index is 1.50. The molecule has 0 fully saturated rings. The second-order valence-corrected chi connectivity index (χ2v) is 7.59. The quantitative estimate of drug-likeness (QED) is 0.481. The van der Waals surface area contributed by atoms with Gasteiger partial charge in [-0.15, -0.1) is 0 Å². The van der Waals surface area contributed by atoms with Gasteiger partial charge in [0.05, 0.1) is 5.52 Å². The van der Waals surface area contributed by atoms with E-state index in [0.717, 1.165) is 36.4 Å². The van der Waals surface area contributed by atoms with Crippen molar-refractivity contribution >= 4 is 39.3 Å². The van der Waals surface area contributed by atoms with Gasteiger partial charge in [-0.1, -0.05) is 31.2 Å². The number of H-pyrrole nitrogens is 1. The Morgan fingerprint density at radius 1 is 1.08 bits per heavy atom. The molecule has 0 aliphatic heterocycles. The summed E-state index contributed by atoms with van der Waals surface area (Å²) in [6.07, 6.45) is 0. The summed E-state index contributed by atoms with van der Waals surface area (Å²) in [5, 5.41) is 7.55. The fourth-order valence-electron chi connectivity index (χ4n) is 2.76. The molecule has 0 radical (unpaired) electrons. The monoisotopic (exact) mass is 447 g/mol. The fourth-order valence-corrected chi connectivity index (χ4v) is 3.37. The summed E-state index contributed by atoms with van der Waals surface area (Å²) < 4.78 is 1.26. The van der Waals surface area contributed by atoms with Crippen LogP contribution < -0.4 is 16.1 Å². The molecule has 1 atom stereocenters. The molecule has 130 valence electrons. The van der Waals surface area contributed by atoms with E-state index >= 15 is 0 Å². The Hall–Kier alpha value is -1.86. The lowest BCUT2D eigenvalue weighted by Crippen LogP contribution is -2.26. The summed E-state index contributed by atoms with van der Waals surface area (Å²) in [6, 6.07) is 17.7. The predicted molar refractivity (Wildman–Crippen MR) is 113 cm³/mol. The highest BCUT2D eigenvalue weighted by Gasteiger charge is 2.05. The number of para-hydroxylation sites is 1. The van der Waals surface area contributed by atoms with E-state index in [-0.39, 0.29) is 5.43 Å². The molecule has 3 rings (SSSR count). The second kappa shape index (κ2) is 8.49. The first kappa shape index (κ1) is 17.9. The molecule has 3 N–H and O–H groups in total. The molecule has 2 aromatic carbocycles. The van der Waals surface area contributed by atoms with E-state index < -0.39 is 0 Å². The number of benzene rings is 2. The number of rotatable bonds is 7. The zero-order chi connectivity index (χ0) is 17.6. The highest BCUT2D eigenvalue weighted by molar-refractivity contribution is 14.1. The average molecular weight is 447 g/mol. The molecule has 1 aromatic heterocycles. The molecule has 1 heterocycles. The molecule has 5 heteroatoms. The van der Waals surface area contributed by atoms with Crippen molar-refractivity contribution in [3.8, 4) is 0 Å². The van der Waals surface area contributed by atoms with E-state index in [1.54, 1.807) is 6.07 Å². The van der Waals surface area contributed by atoms with Crippen LogP contribution in [0.2, 0.25) is 0 Å². The zero-order valence-corrected chi connectivity index (χ0v) is 16.3. The molecular weight excluding hydrogens is 425 g/mol. The number of pyridine rings is 1. The van der Waals surface area contributed by atoms with Gasteiger partial charge < -0.3 is 15.6 Å². The zero-order valence-electron chi connectivity index (χ0n) is 14.2. The number of hydrogen-bond donors (Lipinski definition) is 3. The van der Waals surface area contributed by atoms with Gasteiger partial charge in [0.2, 0.25) is 0 Å². The van der Waals surface area contributed by atoms with Crippen LogP contribution in [0.4, 0.5) is 5.82 Å². The predicted octanol–water partition coefficient (Wildman–Crippen LogP) is 3.97. The van der Waals surface area contributed by atoms with Crippen molar-refractivity contribution in [1.29, 1.82) is 0 Å². The first-order valence-corrected chi connectivity index (χ1v) is 9.51. The number of halogens is 1. The molecule has 0 bridgehead atoms. The summed E-state index contributed by atoms with van der Waals surface area (Å²) in [7, 11) is 0. The first-order valence-electron chi connectivity index (χ1n) is 8.43. The molecule has 0 aliphatic rings. The van der Waals surface area contributed by atoms with Crippen molar-refractivity contribution in [2.24, 2.45) is 5.92 Å². The van der Waals surface area contributed by atoms with Crippen LogP contribution >= 0.6 is 22.6 Å². The number of aromatic amines is 1. The van der Waals surface area contributed by atoms with Crippen molar-refractivity contribution in [1.82, 2.24) is 10.3 Å². The molecule has 0 amide bonds. The highest BCUT2D eigenvalue weighted by atomic mass is 127. The van der Waals surface area contributed by atoms with Crippen LogP contribution in [0.25, 0.3) is 10.9 Å². The average Bonchev–Trinajstić information content (AvgIpc) is 2.60. The van der Waals surface area contributed by atoms with Gasteiger partial charge in [-0.2, -0.15) is 0 Å². The van der Waals surface area contributed by atoms with Crippen LogP contribution in [-0.4, -0.2) is 18.1 Å². The summed E-state index contributed by atoms with van der Waals surface area (Å²) in [4.78, 5) is 15.4. The maximum Gasteiger partial charge on any atom is 0.191 e. The minimum absolute atomic E-state index is 0.0429. The first-order chi connectivity index (χ1) is 12.1. The minimum atomic E-state index is 0.0429. The van der Waals surface area contributed by atoms with Crippen LogP contribution in [0, 0.1) is 9.49 Å². The van der Waals surface area contributed by atoms with Crippen molar-refractivity contribution < 1.29 is 0 Å². The van der Waals surface area contributed by atoms with Gasteiger partial charge in [-0.05, 0) is 64.9 Å². The number of fused-ring (bicyclic) bond motifs is 1. The fraction of sp³-hybridized carbons (Fsp3) is 0.250. The third kappa shape index (κ3) is 5.06. The third-order valence-corrected chi connectivity index (χ3v) is 4.76. The highest BCUT2D eigenvalue weighted by Crippen LogP contribution is 2.11. The molecule has 3 aromatic rings. The Morgan fingerprint density at radius 3 is 2.76 bits per heavy atom. The molecule has 0 spiro atoms. The third-order valence-electron chi connectivity index (χ3n) is 4.09. The lowest BCUT2D eigenvalue weighted by molar-refractivity contribution is 0.533. The van der Waals surface area contributed by atoms with E-state index in [0.29, 0.717) is 5.92 Å². The smallest absolute Gasteiger partial charge is 0.191 e. The summed E-state index contributed by atoms with van der Waals surface area (Å²) >= 11 is 2.33. The summed E-state index contributed by atoms with van der Waals surface area (Å²) in [5.41, 5.74) is 2.20.